The van der Waals surface area contributed by atoms with Crippen LogP contribution in [0.15, 0.2) is 12.1 Å². The molecule has 66 valence electrons. The molecule has 2 rings (SSSR count). The fourth-order valence-electron chi connectivity index (χ4n) is 2.00. The van der Waals surface area contributed by atoms with Crippen molar-refractivity contribution in [2.45, 2.75) is 25.7 Å². The second kappa shape index (κ2) is 3.40. The highest BCUT2D eigenvalue weighted by Gasteiger charge is 2.15. The van der Waals surface area contributed by atoms with Gasteiger partial charge in [-0.1, -0.05) is 11.6 Å². The quantitative estimate of drug-likeness (QED) is 0.670. The number of halogens is 1. The van der Waals surface area contributed by atoms with E-state index in [2.05, 4.69) is 6.07 Å². The van der Waals surface area contributed by atoms with Crippen LogP contribution in [0.1, 0.15) is 23.1 Å². The second-order valence-corrected chi connectivity index (χ2v) is 3.83. The molecule has 1 aliphatic rings. The molecular formula is C11H10ClN. The Hall–Kier alpha value is -1.00. The van der Waals surface area contributed by atoms with Crippen LogP contribution in [-0.2, 0) is 19.3 Å². The molecule has 1 aromatic rings. The first-order chi connectivity index (χ1) is 6.31. The van der Waals surface area contributed by atoms with Gasteiger partial charge in [-0.25, -0.2) is 0 Å². The van der Waals surface area contributed by atoms with Gasteiger partial charge < -0.3 is 0 Å². The number of fused-ring (bicyclic) bond motifs is 1. The zero-order valence-electron chi connectivity index (χ0n) is 7.31. The van der Waals surface area contributed by atoms with Crippen molar-refractivity contribution in [1.82, 2.24) is 0 Å². The lowest BCUT2D eigenvalue weighted by Gasteiger charge is -2.05. The Morgan fingerprint density at radius 1 is 1.38 bits per heavy atom. The van der Waals surface area contributed by atoms with E-state index in [9.17, 15) is 0 Å². The van der Waals surface area contributed by atoms with E-state index in [4.69, 9.17) is 16.9 Å². The third kappa shape index (κ3) is 1.55. The van der Waals surface area contributed by atoms with Gasteiger partial charge in [0.15, 0.2) is 0 Å². The van der Waals surface area contributed by atoms with Crippen molar-refractivity contribution in [1.29, 1.82) is 5.26 Å². The zero-order chi connectivity index (χ0) is 9.26. The summed E-state index contributed by atoms with van der Waals surface area (Å²) in [7, 11) is 0. The van der Waals surface area contributed by atoms with E-state index in [0.29, 0.717) is 6.42 Å². The highest BCUT2D eigenvalue weighted by atomic mass is 35.5. The average molecular weight is 192 g/mol. The van der Waals surface area contributed by atoms with Crippen molar-refractivity contribution in [3.63, 3.8) is 0 Å². The van der Waals surface area contributed by atoms with Crippen LogP contribution in [0.2, 0.25) is 5.02 Å². The summed E-state index contributed by atoms with van der Waals surface area (Å²) in [6.45, 7) is 0. The summed E-state index contributed by atoms with van der Waals surface area (Å²) in [6.07, 6.45) is 3.93. The molecule has 0 N–H and O–H groups in total. The Bertz CT molecular complexity index is 376. The molecule has 0 fully saturated rings. The number of nitriles is 1. The van der Waals surface area contributed by atoms with Crippen LogP contribution < -0.4 is 0 Å². The number of hydrogen-bond acceptors (Lipinski definition) is 1. The lowest BCUT2D eigenvalue weighted by Crippen LogP contribution is -1.92. The third-order valence-corrected chi connectivity index (χ3v) is 2.76. The van der Waals surface area contributed by atoms with E-state index >= 15 is 0 Å². The normalized spacial score (nSPS) is 13.8. The van der Waals surface area contributed by atoms with E-state index in [1.54, 1.807) is 0 Å². The van der Waals surface area contributed by atoms with Crippen molar-refractivity contribution >= 4 is 11.6 Å². The van der Waals surface area contributed by atoms with Gasteiger partial charge in [-0.2, -0.15) is 5.26 Å². The van der Waals surface area contributed by atoms with Crippen LogP contribution in [0.25, 0.3) is 0 Å². The van der Waals surface area contributed by atoms with Crippen LogP contribution in [-0.4, -0.2) is 0 Å². The van der Waals surface area contributed by atoms with Crippen molar-refractivity contribution < 1.29 is 0 Å². The van der Waals surface area contributed by atoms with Crippen LogP contribution in [0, 0.1) is 11.3 Å². The molecule has 0 unspecified atom stereocenters. The minimum Gasteiger partial charge on any atom is -0.198 e. The molecule has 0 spiro atoms. The first-order valence-corrected chi connectivity index (χ1v) is 4.86. The Morgan fingerprint density at radius 3 is 3.00 bits per heavy atom. The molecule has 2 heteroatoms. The zero-order valence-corrected chi connectivity index (χ0v) is 8.06. The summed E-state index contributed by atoms with van der Waals surface area (Å²) >= 11 is 5.95. The van der Waals surface area contributed by atoms with Gasteiger partial charge in [0.2, 0.25) is 0 Å². The Morgan fingerprint density at radius 2 is 2.23 bits per heavy atom. The summed E-state index contributed by atoms with van der Waals surface area (Å²) < 4.78 is 0. The Balaban J connectivity index is 2.50. The van der Waals surface area contributed by atoms with E-state index in [1.165, 1.54) is 17.5 Å². The standard InChI is InChI=1S/C11H10ClN/c12-10-6-8-2-1-3-11(8)9(7-10)4-5-13/h6-7H,1-4H2. The maximum Gasteiger partial charge on any atom is 0.0669 e. The second-order valence-electron chi connectivity index (χ2n) is 3.39. The van der Waals surface area contributed by atoms with E-state index in [1.807, 2.05) is 12.1 Å². The molecule has 0 bridgehead atoms. The van der Waals surface area contributed by atoms with Crippen LogP contribution >= 0.6 is 11.6 Å². The number of aryl methyl sites for hydroxylation is 1. The average Bonchev–Trinajstić information content (AvgIpc) is 2.52. The maximum absolute atomic E-state index is 8.65. The van der Waals surface area contributed by atoms with E-state index in [0.717, 1.165) is 23.4 Å². The number of hydrogen-bond donors (Lipinski definition) is 0. The summed E-state index contributed by atoms with van der Waals surface area (Å²) in [4.78, 5) is 0. The van der Waals surface area contributed by atoms with Gasteiger partial charge >= 0.3 is 0 Å². The first-order valence-electron chi connectivity index (χ1n) is 4.48. The molecule has 1 aromatic carbocycles. The molecule has 0 amide bonds. The number of nitrogens with zero attached hydrogens (tertiary/aromatic N) is 1. The van der Waals surface area contributed by atoms with E-state index < -0.39 is 0 Å². The topological polar surface area (TPSA) is 23.8 Å². The highest BCUT2D eigenvalue weighted by molar-refractivity contribution is 6.30. The Kier molecular flexibility index (Phi) is 2.24. The van der Waals surface area contributed by atoms with Crippen molar-refractivity contribution in [2.24, 2.45) is 0 Å². The molecule has 0 saturated heterocycles. The molecule has 0 radical (unpaired) electrons. The van der Waals surface area contributed by atoms with E-state index in [-0.39, 0.29) is 0 Å². The third-order valence-electron chi connectivity index (χ3n) is 2.54. The molecule has 1 nitrogen and oxygen atoms in total. The van der Waals surface area contributed by atoms with Crippen LogP contribution in [0.3, 0.4) is 0 Å². The molecule has 0 saturated carbocycles. The summed E-state index contributed by atoms with van der Waals surface area (Å²) in [5.74, 6) is 0. The predicted molar refractivity (Wildman–Crippen MR) is 52.8 cm³/mol. The van der Waals surface area contributed by atoms with Crippen molar-refractivity contribution in [3.05, 3.63) is 33.8 Å². The highest BCUT2D eigenvalue weighted by Crippen LogP contribution is 2.29. The maximum atomic E-state index is 8.65. The predicted octanol–water partition coefficient (Wildman–Crippen LogP) is 2.89. The van der Waals surface area contributed by atoms with Crippen molar-refractivity contribution in [2.75, 3.05) is 0 Å². The molecule has 0 atom stereocenters. The first kappa shape index (κ1) is 8.59. The fraction of sp³-hybridized carbons (Fsp3) is 0.364. The van der Waals surface area contributed by atoms with Gasteiger partial charge in [0.25, 0.3) is 0 Å². The molecule has 1 aliphatic carbocycles. The minimum atomic E-state index is 0.489. The fourth-order valence-corrected chi connectivity index (χ4v) is 2.26. The van der Waals surface area contributed by atoms with Gasteiger partial charge in [-0.3, -0.25) is 0 Å². The summed E-state index contributed by atoms with van der Waals surface area (Å²) in [6, 6.07) is 6.14. The van der Waals surface area contributed by atoms with Gasteiger partial charge in [0.1, 0.15) is 0 Å². The number of benzene rings is 1. The Labute approximate surface area is 82.9 Å². The summed E-state index contributed by atoms with van der Waals surface area (Å²) in [5.41, 5.74) is 3.84. The van der Waals surface area contributed by atoms with Crippen molar-refractivity contribution in [3.8, 4) is 6.07 Å². The van der Waals surface area contributed by atoms with Crippen LogP contribution in [0.4, 0.5) is 0 Å². The smallest absolute Gasteiger partial charge is 0.0669 e. The lowest BCUT2D eigenvalue weighted by atomic mass is 10.0. The van der Waals surface area contributed by atoms with Gasteiger partial charge in [-0.15, -0.1) is 0 Å². The van der Waals surface area contributed by atoms with Crippen LogP contribution in [0.5, 0.6) is 0 Å². The minimum absolute atomic E-state index is 0.489. The summed E-state index contributed by atoms with van der Waals surface area (Å²) in [5, 5.41) is 9.42. The molecule has 0 aliphatic heterocycles. The molecule has 13 heavy (non-hydrogen) atoms. The van der Waals surface area contributed by atoms with Gasteiger partial charge in [-0.05, 0) is 48.1 Å². The largest absolute Gasteiger partial charge is 0.198 e. The molecule has 0 heterocycles. The molecular weight excluding hydrogens is 182 g/mol. The number of rotatable bonds is 1. The van der Waals surface area contributed by atoms with Gasteiger partial charge in [0, 0.05) is 5.02 Å². The SMILES string of the molecule is N#CCc1cc(Cl)cc2c1CCC2. The monoisotopic (exact) mass is 191 g/mol. The molecule has 0 aromatic heterocycles. The lowest BCUT2D eigenvalue weighted by molar-refractivity contribution is 0.908. The van der Waals surface area contributed by atoms with Gasteiger partial charge in [0.05, 0.1) is 12.5 Å².